The number of benzene rings is 2. The van der Waals surface area contributed by atoms with Crippen LogP contribution < -0.4 is 10.6 Å². The van der Waals surface area contributed by atoms with Crippen LogP contribution in [0.2, 0.25) is 0 Å². The van der Waals surface area contributed by atoms with E-state index in [1.165, 1.54) is 42.3 Å². The summed E-state index contributed by atoms with van der Waals surface area (Å²) < 4.78 is 18.1. The fourth-order valence-electron chi connectivity index (χ4n) is 2.39. The molecule has 29 heavy (non-hydrogen) atoms. The molecule has 0 aliphatic carbocycles. The Morgan fingerprint density at radius 1 is 1.00 bits per heavy atom. The van der Waals surface area contributed by atoms with E-state index in [-0.39, 0.29) is 6.54 Å². The number of rotatable bonds is 5. The van der Waals surface area contributed by atoms with Crippen LogP contribution in [0, 0.1) is 5.82 Å². The number of ether oxygens (including phenoxy) is 1. The van der Waals surface area contributed by atoms with Gasteiger partial charge in [0.15, 0.2) is 0 Å². The molecule has 0 spiro atoms. The molecule has 2 aromatic carbocycles. The molecule has 0 radical (unpaired) electrons. The normalized spacial score (nSPS) is 10.8. The molecule has 2 N–H and O–H groups in total. The lowest BCUT2D eigenvalue weighted by Crippen LogP contribution is -2.35. The number of hydrogen-bond acceptors (Lipinski definition) is 4. The van der Waals surface area contributed by atoms with Gasteiger partial charge in [-0.15, -0.1) is 0 Å². The standard InChI is InChI=1S/C21H24FN3O4/c1-21(2,3)29-20(28)24-17-7-5-6-14(12-17)19(27)25(4)13-18(26)23-16-10-8-15(22)9-11-16/h5-12H,13H2,1-4H3,(H,23,26)(H,24,28). The van der Waals surface area contributed by atoms with Crippen LogP contribution in [0.5, 0.6) is 0 Å². The first kappa shape index (κ1) is 21.9. The molecule has 8 heteroatoms. The first-order valence-electron chi connectivity index (χ1n) is 8.94. The van der Waals surface area contributed by atoms with Crippen molar-refractivity contribution < 1.29 is 23.5 Å². The number of likely N-dealkylation sites (N-methyl/N-ethyl adjacent to an activating group) is 1. The molecular formula is C21H24FN3O4. The van der Waals surface area contributed by atoms with Crippen molar-refractivity contribution in [1.29, 1.82) is 0 Å². The largest absolute Gasteiger partial charge is 0.444 e. The van der Waals surface area contributed by atoms with Gasteiger partial charge in [0.05, 0.1) is 6.54 Å². The Morgan fingerprint density at radius 3 is 2.28 bits per heavy atom. The van der Waals surface area contributed by atoms with Crippen molar-refractivity contribution in [2.24, 2.45) is 0 Å². The van der Waals surface area contributed by atoms with E-state index in [0.717, 1.165) is 0 Å². The zero-order valence-electron chi connectivity index (χ0n) is 16.8. The molecule has 3 amide bonds. The predicted molar refractivity (Wildman–Crippen MR) is 108 cm³/mol. The lowest BCUT2D eigenvalue weighted by molar-refractivity contribution is -0.116. The van der Waals surface area contributed by atoms with Gasteiger partial charge in [-0.05, 0) is 63.2 Å². The van der Waals surface area contributed by atoms with Gasteiger partial charge in [0.2, 0.25) is 5.91 Å². The van der Waals surface area contributed by atoms with Crippen molar-refractivity contribution in [3.8, 4) is 0 Å². The number of nitrogens with zero attached hydrogens (tertiary/aromatic N) is 1. The van der Waals surface area contributed by atoms with Crippen LogP contribution in [-0.2, 0) is 9.53 Å². The Labute approximate surface area is 168 Å². The zero-order valence-corrected chi connectivity index (χ0v) is 16.8. The van der Waals surface area contributed by atoms with Crippen molar-refractivity contribution in [1.82, 2.24) is 4.90 Å². The second-order valence-electron chi connectivity index (χ2n) is 7.42. The van der Waals surface area contributed by atoms with Crippen LogP contribution in [0.3, 0.4) is 0 Å². The van der Waals surface area contributed by atoms with Crippen LogP contribution in [0.25, 0.3) is 0 Å². The summed E-state index contributed by atoms with van der Waals surface area (Å²) in [7, 11) is 1.49. The average Bonchev–Trinajstić information content (AvgIpc) is 2.61. The molecule has 0 aliphatic rings. The van der Waals surface area contributed by atoms with Gasteiger partial charge in [-0.1, -0.05) is 6.07 Å². The molecule has 0 fully saturated rings. The molecule has 0 bridgehead atoms. The number of amides is 3. The lowest BCUT2D eigenvalue weighted by Gasteiger charge is -2.20. The fraction of sp³-hybridized carbons (Fsp3) is 0.286. The van der Waals surface area contributed by atoms with Crippen LogP contribution in [0.4, 0.5) is 20.6 Å². The summed E-state index contributed by atoms with van der Waals surface area (Å²) in [5.41, 5.74) is 0.487. The highest BCUT2D eigenvalue weighted by molar-refractivity contribution is 6.00. The van der Waals surface area contributed by atoms with Gasteiger partial charge in [-0.3, -0.25) is 14.9 Å². The third kappa shape index (κ3) is 7.25. The van der Waals surface area contributed by atoms with Gasteiger partial charge >= 0.3 is 6.09 Å². The average molecular weight is 401 g/mol. The molecule has 0 saturated carbocycles. The molecule has 0 atom stereocenters. The molecule has 2 aromatic rings. The van der Waals surface area contributed by atoms with Crippen molar-refractivity contribution >= 4 is 29.3 Å². The summed E-state index contributed by atoms with van der Waals surface area (Å²) in [6, 6.07) is 11.6. The monoisotopic (exact) mass is 401 g/mol. The van der Waals surface area contributed by atoms with Crippen LogP contribution in [0.1, 0.15) is 31.1 Å². The number of halogens is 1. The van der Waals surface area contributed by atoms with Gasteiger partial charge in [0, 0.05) is 24.0 Å². The van der Waals surface area contributed by atoms with Crippen molar-refractivity contribution in [2.45, 2.75) is 26.4 Å². The first-order valence-corrected chi connectivity index (χ1v) is 8.94. The zero-order chi connectivity index (χ0) is 21.6. The summed E-state index contributed by atoms with van der Waals surface area (Å²) in [5.74, 6) is -1.22. The Kier molecular flexibility index (Phi) is 6.93. The minimum atomic E-state index is -0.643. The minimum Gasteiger partial charge on any atom is -0.444 e. The minimum absolute atomic E-state index is 0.195. The SMILES string of the molecule is CN(CC(=O)Nc1ccc(F)cc1)C(=O)c1cccc(NC(=O)OC(C)(C)C)c1. The molecule has 0 aromatic heterocycles. The molecule has 2 rings (SSSR count). The number of carbonyl (C=O) groups is 3. The van der Waals surface area contributed by atoms with Crippen LogP contribution in [0.15, 0.2) is 48.5 Å². The van der Waals surface area contributed by atoms with Gasteiger partial charge < -0.3 is 15.0 Å². The Bertz CT molecular complexity index is 892. The smallest absolute Gasteiger partial charge is 0.412 e. The third-order valence-electron chi connectivity index (χ3n) is 3.61. The quantitative estimate of drug-likeness (QED) is 0.796. The summed E-state index contributed by atoms with van der Waals surface area (Å²) >= 11 is 0. The molecule has 0 heterocycles. The first-order chi connectivity index (χ1) is 13.5. The Hall–Kier alpha value is -3.42. The summed E-state index contributed by atoms with van der Waals surface area (Å²) in [5, 5.41) is 5.16. The number of hydrogen-bond donors (Lipinski definition) is 2. The topological polar surface area (TPSA) is 87.7 Å². The van der Waals surface area contributed by atoms with E-state index in [2.05, 4.69) is 10.6 Å². The molecule has 7 nitrogen and oxygen atoms in total. The number of carbonyl (C=O) groups excluding carboxylic acids is 3. The van der Waals surface area contributed by atoms with E-state index < -0.39 is 29.3 Å². The van der Waals surface area contributed by atoms with Crippen molar-refractivity contribution in [3.05, 3.63) is 59.9 Å². The third-order valence-corrected chi connectivity index (χ3v) is 3.61. The van der Waals surface area contributed by atoms with Gasteiger partial charge in [-0.2, -0.15) is 0 Å². The van der Waals surface area contributed by atoms with E-state index >= 15 is 0 Å². The number of anilines is 2. The summed E-state index contributed by atoms with van der Waals surface area (Å²) in [6.07, 6.45) is -0.630. The van der Waals surface area contributed by atoms with Gasteiger partial charge in [0.1, 0.15) is 11.4 Å². The van der Waals surface area contributed by atoms with Crippen molar-refractivity contribution in [3.63, 3.8) is 0 Å². The molecular weight excluding hydrogens is 377 g/mol. The molecule has 0 aliphatic heterocycles. The fourth-order valence-corrected chi connectivity index (χ4v) is 2.39. The van der Waals surface area contributed by atoms with E-state index in [1.807, 2.05) is 0 Å². The summed E-state index contributed by atoms with van der Waals surface area (Å²) in [6.45, 7) is 5.05. The van der Waals surface area contributed by atoms with E-state index in [9.17, 15) is 18.8 Å². The second-order valence-corrected chi connectivity index (χ2v) is 7.42. The van der Waals surface area contributed by atoms with E-state index in [0.29, 0.717) is 16.9 Å². The van der Waals surface area contributed by atoms with Gasteiger partial charge in [0.25, 0.3) is 5.91 Å². The van der Waals surface area contributed by atoms with Crippen LogP contribution in [-0.4, -0.2) is 42.0 Å². The van der Waals surface area contributed by atoms with Gasteiger partial charge in [-0.25, -0.2) is 9.18 Å². The highest BCUT2D eigenvalue weighted by Crippen LogP contribution is 2.15. The predicted octanol–water partition coefficient (Wildman–Crippen LogP) is 3.88. The second kappa shape index (κ2) is 9.18. The molecule has 0 unspecified atom stereocenters. The Morgan fingerprint density at radius 2 is 1.66 bits per heavy atom. The molecule has 0 saturated heterocycles. The highest BCUT2D eigenvalue weighted by atomic mass is 19.1. The maximum atomic E-state index is 12.9. The molecule has 154 valence electrons. The lowest BCUT2D eigenvalue weighted by atomic mass is 10.1. The number of nitrogens with one attached hydrogen (secondary N) is 2. The maximum Gasteiger partial charge on any atom is 0.412 e. The van der Waals surface area contributed by atoms with E-state index in [4.69, 9.17) is 4.74 Å². The maximum absolute atomic E-state index is 12.9. The van der Waals surface area contributed by atoms with E-state index in [1.54, 1.807) is 39.0 Å². The summed E-state index contributed by atoms with van der Waals surface area (Å²) in [4.78, 5) is 37.8. The highest BCUT2D eigenvalue weighted by Gasteiger charge is 2.18. The van der Waals surface area contributed by atoms with Crippen LogP contribution >= 0.6 is 0 Å². The Balaban J connectivity index is 1.97. The van der Waals surface area contributed by atoms with Crippen molar-refractivity contribution in [2.75, 3.05) is 24.2 Å².